The Kier molecular flexibility index (Phi) is 1.83. The maximum Gasteiger partial charge on any atom is -0.0272 e. The lowest BCUT2D eigenvalue weighted by Crippen LogP contribution is -2.26. The van der Waals surface area contributed by atoms with Crippen molar-refractivity contribution in [3.8, 4) is 0 Å². The molecule has 0 saturated heterocycles. The van der Waals surface area contributed by atoms with Gasteiger partial charge < -0.3 is 5.48 Å². The highest BCUT2D eigenvalue weighted by molar-refractivity contribution is 5.05. The lowest BCUT2D eigenvalue weighted by atomic mass is 9.71. The molecule has 2 aliphatic rings. The first-order chi connectivity index (χ1) is 4.56. The summed E-state index contributed by atoms with van der Waals surface area (Å²) in [5.74, 6) is 1.05. The van der Waals surface area contributed by atoms with E-state index in [-0.39, 0.29) is 5.48 Å². The van der Waals surface area contributed by atoms with E-state index in [9.17, 15) is 0 Å². The molecule has 0 aliphatic heterocycles. The highest BCUT2D eigenvalue weighted by Gasteiger charge is 2.55. The van der Waals surface area contributed by atoms with Crippen LogP contribution in [0.15, 0.2) is 0 Å². The maximum absolute atomic E-state index is 2.49. The van der Waals surface area contributed by atoms with Crippen LogP contribution in [-0.4, -0.2) is 5.48 Å². The van der Waals surface area contributed by atoms with Gasteiger partial charge in [-0.05, 0) is 42.4 Å². The monoisotopic (exact) mass is 156 g/mol. The van der Waals surface area contributed by atoms with Gasteiger partial charge >= 0.3 is 0 Å². The quantitative estimate of drug-likeness (QED) is 0.516. The minimum Gasteiger partial charge on any atom is -0.412 e. The minimum atomic E-state index is 0. The molecule has 0 aromatic rings. The van der Waals surface area contributed by atoms with Crippen LogP contribution in [0.5, 0.6) is 0 Å². The fourth-order valence-corrected chi connectivity index (χ4v) is 3.11. The Morgan fingerprint density at radius 2 is 1.45 bits per heavy atom. The van der Waals surface area contributed by atoms with Crippen molar-refractivity contribution in [2.45, 2.75) is 46.5 Å². The number of hydrogen-bond acceptors (Lipinski definition) is 0. The molecule has 0 unspecified atom stereocenters. The highest BCUT2D eigenvalue weighted by atomic mass is 16.0. The first kappa shape index (κ1) is 9.05. The minimum absolute atomic E-state index is 0. The van der Waals surface area contributed by atoms with Gasteiger partial charge in [-0.3, -0.25) is 0 Å². The largest absolute Gasteiger partial charge is 0.412 e. The van der Waals surface area contributed by atoms with Crippen molar-refractivity contribution < 1.29 is 5.48 Å². The van der Waals surface area contributed by atoms with Crippen molar-refractivity contribution in [2.75, 3.05) is 0 Å². The van der Waals surface area contributed by atoms with Gasteiger partial charge in [0.2, 0.25) is 0 Å². The van der Waals surface area contributed by atoms with Crippen LogP contribution in [0.25, 0.3) is 0 Å². The molecule has 1 nitrogen and oxygen atoms in total. The van der Waals surface area contributed by atoms with Crippen LogP contribution in [-0.2, 0) is 0 Å². The van der Waals surface area contributed by atoms with Gasteiger partial charge in [-0.15, -0.1) is 0 Å². The molecular weight excluding hydrogens is 136 g/mol. The second-order valence-corrected chi connectivity index (χ2v) is 5.06. The molecule has 11 heavy (non-hydrogen) atoms. The SMILES string of the molecule is CC12CCC(CC1)C2(C)C.O. The number of fused-ring (bicyclic) bond motifs is 2. The van der Waals surface area contributed by atoms with Gasteiger partial charge in [0.05, 0.1) is 0 Å². The van der Waals surface area contributed by atoms with E-state index < -0.39 is 0 Å². The zero-order chi connectivity index (χ0) is 7.41. The molecule has 0 spiro atoms. The van der Waals surface area contributed by atoms with E-state index >= 15 is 0 Å². The van der Waals surface area contributed by atoms with E-state index in [4.69, 9.17) is 0 Å². The molecule has 0 aromatic carbocycles. The summed E-state index contributed by atoms with van der Waals surface area (Å²) >= 11 is 0. The third-order valence-corrected chi connectivity index (χ3v) is 4.67. The molecule has 0 heterocycles. The van der Waals surface area contributed by atoms with Crippen molar-refractivity contribution in [1.29, 1.82) is 0 Å². The van der Waals surface area contributed by atoms with Crippen LogP contribution >= 0.6 is 0 Å². The van der Waals surface area contributed by atoms with Crippen LogP contribution in [0, 0.1) is 16.7 Å². The molecule has 0 radical (unpaired) electrons. The van der Waals surface area contributed by atoms with E-state index in [0.29, 0.717) is 10.8 Å². The maximum atomic E-state index is 2.49. The molecule has 2 fully saturated rings. The first-order valence-corrected chi connectivity index (χ1v) is 4.56. The summed E-state index contributed by atoms with van der Waals surface area (Å²) in [6.07, 6.45) is 5.99. The lowest BCUT2D eigenvalue weighted by Gasteiger charge is -2.34. The fourth-order valence-electron chi connectivity index (χ4n) is 3.11. The molecule has 0 aromatic heterocycles. The van der Waals surface area contributed by atoms with Gasteiger partial charge in [-0.25, -0.2) is 0 Å². The molecule has 2 rings (SSSR count). The molecular formula is C10H20O. The van der Waals surface area contributed by atoms with Crippen molar-refractivity contribution in [1.82, 2.24) is 0 Å². The number of rotatable bonds is 0. The van der Waals surface area contributed by atoms with Gasteiger partial charge in [-0.2, -0.15) is 0 Å². The zero-order valence-corrected chi connectivity index (χ0v) is 7.91. The van der Waals surface area contributed by atoms with E-state index in [1.165, 1.54) is 25.7 Å². The summed E-state index contributed by atoms with van der Waals surface area (Å²) in [6, 6.07) is 0. The van der Waals surface area contributed by atoms with E-state index in [0.717, 1.165) is 5.92 Å². The molecule has 2 aliphatic carbocycles. The average molecular weight is 156 g/mol. The van der Waals surface area contributed by atoms with Gasteiger partial charge in [0, 0.05) is 0 Å². The topological polar surface area (TPSA) is 31.5 Å². The summed E-state index contributed by atoms with van der Waals surface area (Å²) in [6.45, 7) is 7.43. The average Bonchev–Trinajstić information content (AvgIpc) is 2.18. The van der Waals surface area contributed by atoms with E-state index in [2.05, 4.69) is 20.8 Å². The number of hydrogen-bond donors (Lipinski definition) is 0. The summed E-state index contributed by atoms with van der Waals surface area (Å²) in [7, 11) is 0. The predicted molar refractivity (Wildman–Crippen MR) is 47.5 cm³/mol. The molecule has 2 saturated carbocycles. The summed E-state index contributed by atoms with van der Waals surface area (Å²) in [5.41, 5.74) is 1.37. The Hall–Kier alpha value is -0.0400. The normalized spacial score (nSPS) is 45.5. The zero-order valence-electron chi connectivity index (χ0n) is 7.91. The van der Waals surface area contributed by atoms with Gasteiger partial charge in [0.25, 0.3) is 0 Å². The lowest BCUT2D eigenvalue weighted by molar-refractivity contribution is 0.152. The second kappa shape index (κ2) is 2.22. The van der Waals surface area contributed by atoms with Crippen molar-refractivity contribution >= 4 is 0 Å². The Morgan fingerprint density at radius 1 is 1.00 bits per heavy atom. The second-order valence-electron chi connectivity index (χ2n) is 5.06. The third-order valence-electron chi connectivity index (χ3n) is 4.67. The van der Waals surface area contributed by atoms with E-state index in [1.54, 1.807) is 0 Å². The fraction of sp³-hybridized carbons (Fsp3) is 1.00. The van der Waals surface area contributed by atoms with Crippen LogP contribution in [0.3, 0.4) is 0 Å². The Labute approximate surface area is 69.5 Å². The van der Waals surface area contributed by atoms with Crippen molar-refractivity contribution in [2.24, 2.45) is 16.7 Å². The molecule has 1 heteroatoms. The third kappa shape index (κ3) is 0.868. The highest BCUT2D eigenvalue weighted by Crippen LogP contribution is 2.65. The van der Waals surface area contributed by atoms with Crippen LogP contribution in [0.2, 0.25) is 0 Å². The van der Waals surface area contributed by atoms with Crippen LogP contribution in [0.4, 0.5) is 0 Å². The Balaban J connectivity index is 0.000000605. The molecule has 2 bridgehead atoms. The van der Waals surface area contributed by atoms with Crippen molar-refractivity contribution in [3.63, 3.8) is 0 Å². The Morgan fingerprint density at radius 3 is 1.55 bits per heavy atom. The molecule has 2 N–H and O–H groups in total. The van der Waals surface area contributed by atoms with Gasteiger partial charge in [0.1, 0.15) is 0 Å². The van der Waals surface area contributed by atoms with Gasteiger partial charge in [-0.1, -0.05) is 20.8 Å². The standard InChI is InChI=1S/C10H18.H2O/c1-9(2)8-4-6-10(9,3)7-5-8;/h8H,4-7H2,1-3H3;1H2. The van der Waals surface area contributed by atoms with E-state index in [1.807, 2.05) is 0 Å². The molecule has 66 valence electrons. The molecule has 0 atom stereocenters. The first-order valence-electron chi connectivity index (χ1n) is 4.56. The predicted octanol–water partition coefficient (Wildman–Crippen LogP) is 2.40. The van der Waals surface area contributed by atoms with Crippen LogP contribution in [0.1, 0.15) is 46.5 Å². The summed E-state index contributed by atoms with van der Waals surface area (Å²) < 4.78 is 0. The van der Waals surface area contributed by atoms with Crippen molar-refractivity contribution in [3.05, 3.63) is 0 Å². The summed E-state index contributed by atoms with van der Waals surface area (Å²) in [4.78, 5) is 0. The van der Waals surface area contributed by atoms with Gasteiger partial charge in [0.15, 0.2) is 0 Å². The van der Waals surface area contributed by atoms with Crippen LogP contribution < -0.4 is 0 Å². The smallest absolute Gasteiger partial charge is 0.0272 e. The Bertz CT molecular complexity index is 150. The summed E-state index contributed by atoms with van der Waals surface area (Å²) in [5, 5.41) is 0. The molecule has 0 amide bonds.